The van der Waals surface area contributed by atoms with E-state index in [1.165, 1.54) is 0 Å². The lowest BCUT2D eigenvalue weighted by Gasteiger charge is -2.19. The molecule has 7 heteroatoms. The van der Waals surface area contributed by atoms with Crippen molar-refractivity contribution in [2.24, 2.45) is 0 Å². The van der Waals surface area contributed by atoms with E-state index in [1.54, 1.807) is 0 Å². The van der Waals surface area contributed by atoms with Gasteiger partial charge in [0.15, 0.2) is 24.6 Å². The molecule has 0 spiro atoms. The molecule has 0 aliphatic carbocycles. The van der Waals surface area contributed by atoms with Crippen molar-refractivity contribution >= 4 is 19.7 Å². The average molecular weight is 216 g/mol. The summed E-state index contributed by atoms with van der Waals surface area (Å²) in [5, 5.41) is 9.22. The zero-order valence-electron chi connectivity index (χ0n) is 7.10. The largest absolute Gasteiger partial charge is 0.374 e. The second-order valence-electron chi connectivity index (χ2n) is 3.02. The van der Waals surface area contributed by atoms with Gasteiger partial charge in [0, 0.05) is 12.5 Å². The first kappa shape index (κ1) is 11.9. The summed E-state index contributed by atoms with van der Waals surface area (Å²) in [6.07, 6.45) is 1.66. The van der Waals surface area contributed by atoms with Crippen LogP contribution in [0, 0.1) is 0 Å². The van der Waals surface area contributed by atoms with Crippen LogP contribution in [0.4, 0.5) is 0 Å². The molecule has 74 valence electrons. The van der Waals surface area contributed by atoms with E-state index in [9.17, 15) is 21.9 Å². The average Bonchev–Trinajstić information content (AvgIpc) is 1.52. The van der Waals surface area contributed by atoms with Crippen LogP contribution in [-0.2, 0) is 19.7 Å². The molecule has 0 aromatic carbocycles. The summed E-state index contributed by atoms with van der Waals surface area (Å²) in [5.41, 5.74) is 0. The summed E-state index contributed by atoms with van der Waals surface area (Å²) in [6, 6.07) is 0. The molecule has 0 saturated heterocycles. The highest BCUT2D eigenvalue weighted by Crippen LogP contribution is 2.13. The SMILES string of the molecule is CC(O)(CS(C)(=O)=O)S(C)(=O)=O. The van der Waals surface area contributed by atoms with Crippen molar-refractivity contribution in [3.8, 4) is 0 Å². The zero-order chi connectivity index (χ0) is 10.2. The van der Waals surface area contributed by atoms with Gasteiger partial charge in [0.05, 0.1) is 5.75 Å². The molecule has 0 aromatic heterocycles. The number of hydrogen-bond acceptors (Lipinski definition) is 5. The van der Waals surface area contributed by atoms with Gasteiger partial charge in [-0.05, 0) is 6.92 Å². The molecule has 0 heterocycles. The first-order valence-electron chi connectivity index (χ1n) is 3.05. The van der Waals surface area contributed by atoms with E-state index in [4.69, 9.17) is 0 Å². The van der Waals surface area contributed by atoms with Gasteiger partial charge in [-0.2, -0.15) is 0 Å². The molecule has 0 fully saturated rings. The second-order valence-corrected chi connectivity index (χ2v) is 7.58. The minimum atomic E-state index is -3.76. The monoisotopic (exact) mass is 216 g/mol. The van der Waals surface area contributed by atoms with Crippen LogP contribution in [0.5, 0.6) is 0 Å². The van der Waals surface area contributed by atoms with Crippen molar-refractivity contribution in [2.75, 3.05) is 18.3 Å². The van der Waals surface area contributed by atoms with Crippen molar-refractivity contribution in [1.82, 2.24) is 0 Å². The minimum Gasteiger partial charge on any atom is -0.374 e. The zero-order valence-corrected chi connectivity index (χ0v) is 8.74. The van der Waals surface area contributed by atoms with Gasteiger partial charge in [0.25, 0.3) is 0 Å². The van der Waals surface area contributed by atoms with Gasteiger partial charge in [-0.1, -0.05) is 0 Å². The lowest BCUT2D eigenvalue weighted by molar-refractivity contribution is 0.168. The number of hydrogen-bond donors (Lipinski definition) is 1. The maximum absolute atomic E-state index is 10.8. The molecular formula is C5H12O5S2. The number of aliphatic hydroxyl groups is 1. The van der Waals surface area contributed by atoms with Gasteiger partial charge >= 0.3 is 0 Å². The van der Waals surface area contributed by atoms with E-state index >= 15 is 0 Å². The van der Waals surface area contributed by atoms with Gasteiger partial charge < -0.3 is 5.11 Å². The Morgan fingerprint density at radius 3 is 1.58 bits per heavy atom. The molecular weight excluding hydrogens is 204 g/mol. The van der Waals surface area contributed by atoms with Gasteiger partial charge in [-0.15, -0.1) is 0 Å². The third-order valence-corrected chi connectivity index (χ3v) is 4.34. The topological polar surface area (TPSA) is 88.5 Å². The van der Waals surface area contributed by atoms with Crippen LogP contribution in [0.15, 0.2) is 0 Å². The lowest BCUT2D eigenvalue weighted by atomic mass is 10.5. The fourth-order valence-corrected chi connectivity index (χ4v) is 3.07. The highest BCUT2D eigenvalue weighted by Gasteiger charge is 2.36. The Balaban J connectivity index is 4.94. The first-order chi connectivity index (χ1) is 4.96. The summed E-state index contributed by atoms with van der Waals surface area (Å²) in [4.78, 5) is -2.19. The third-order valence-electron chi connectivity index (χ3n) is 1.33. The summed E-state index contributed by atoms with van der Waals surface area (Å²) in [6.45, 7) is 0.962. The molecule has 1 unspecified atom stereocenters. The van der Waals surface area contributed by atoms with Gasteiger partial charge in [-0.25, -0.2) is 16.8 Å². The Morgan fingerprint density at radius 2 is 1.50 bits per heavy atom. The first-order valence-corrected chi connectivity index (χ1v) is 7.01. The standard InChI is InChI=1S/C5H12O5S2/c1-5(6,12(3,9)10)4-11(2,7)8/h6H,4H2,1-3H3. The van der Waals surface area contributed by atoms with Gasteiger partial charge in [-0.3, -0.25) is 0 Å². The summed E-state index contributed by atoms with van der Waals surface area (Å²) < 4.78 is 43.0. The Labute approximate surface area is 72.2 Å². The van der Waals surface area contributed by atoms with Crippen LogP contribution in [0.1, 0.15) is 6.92 Å². The highest BCUT2D eigenvalue weighted by molar-refractivity contribution is 7.95. The molecule has 0 aliphatic rings. The van der Waals surface area contributed by atoms with Crippen molar-refractivity contribution in [3.05, 3.63) is 0 Å². The highest BCUT2D eigenvalue weighted by atomic mass is 32.2. The van der Waals surface area contributed by atoms with Crippen LogP contribution in [-0.4, -0.2) is 45.1 Å². The second kappa shape index (κ2) is 2.97. The maximum Gasteiger partial charge on any atom is 0.177 e. The quantitative estimate of drug-likeness (QED) is 0.639. The molecule has 0 bridgehead atoms. The summed E-state index contributed by atoms with van der Waals surface area (Å²) in [7, 11) is -7.25. The molecule has 0 radical (unpaired) electrons. The van der Waals surface area contributed by atoms with E-state index in [0.717, 1.165) is 19.4 Å². The van der Waals surface area contributed by atoms with E-state index in [2.05, 4.69) is 0 Å². The Kier molecular flexibility index (Phi) is 2.93. The fourth-order valence-electron chi connectivity index (χ4n) is 0.594. The van der Waals surface area contributed by atoms with Gasteiger partial charge in [0.1, 0.15) is 0 Å². The predicted octanol–water partition coefficient (Wildman–Crippen LogP) is -1.22. The van der Waals surface area contributed by atoms with Crippen molar-refractivity contribution in [2.45, 2.75) is 11.9 Å². The molecule has 0 amide bonds. The third kappa shape index (κ3) is 3.51. The molecule has 5 nitrogen and oxygen atoms in total. The number of sulfone groups is 2. The van der Waals surface area contributed by atoms with E-state index in [-0.39, 0.29) is 0 Å². The van der Waals surface area contributed by atoms with E-state index in [1.807, 2.05) is 0 Å². The van der Waals surface area contributed by atoms with Crippen LogP contribution in [0.3, 0.4) is 0 Å². The Bertz CT molecular complexity index is 347. The Morgan fingerprint density at radius 1 is 1.17 bits per heavy atom. The number of rotatable bonds is 3. The molecule has 1 atom stereocenters. The van der Waals surface area contributed by atoms with E-state index in [0.29, 0.717) is 0 Å². The molecule has 12 heavy (non-hydrogen) atoms. The lowest BCUT2D eigenvalue weighted by Crippen LogP contribution is -2.41. The minimum absolute atomic E-state index is 0.779. The fraction of sp³-hybridized carbons (Fsp3) is 1.00. The Hall–Kier alpha value is -0.140. The van der Waals surface area contributed by atoms with E-state index < -0.39 is 30.4 Å². The smallest absolute Gasteiger partial charge is 0.177 e. The van der Waals surface area contributed by atoms with Crippen molar-refractivity contribution in [3.63, 3.8) is 0 Å². The molecule has 0 aliphatic heterocycles. The predicted molar refractivity (Wildman–Crippen MR) is 45.2 cm³/mol. The normalized spacial score (nSPS) is 18.7. The maximum atomic E-state index is 10.8. The molecule has 0 aromatic rings. The van der Waals surface area contributed by atoms with Crippen LogP contribution >= 0.6 is 0 Å². The van der Waals surface area contributed by atoms with Crippen molar-refractivity contribution < 1.29 is 21.9 Å². The molecule has 1 N–H and O–H groups in total. The van der Waals surface area contributed by atoms with Crippen LogP contribution in [0.25, 0.3) is 0 Å². The molecule has 0 saturated carbocycles. The van der Waals surface area contributed by atoms with Gasteiger partial charge in [0.2, 0.25) is 0 Å². The van der Waals surface area contributed by atoms with Crippen molar-refractivity contribution in [1.29, 1.82) is 0 Å². The summed E-state index contributed by atoms with van der Waals surface area (Å²) in [5.74, 6) is -0.779. The molecule has 0 rings (SSSR count). The van der Waals surface area contributed by atoms with Crippen LogP contribution < -0.4 is 0 Å². The summed E-state index contributed by atoms with van der Waals surface area (Å²) >= 11 is 0. The van der Waals surface area contributed by atoms with Crippen LogP contribution in [0.2, 0.25) is 0 Å².